The molecule has 1 aromatic carbocycles. The number of imide groups is 1. The van der Waals surface area contributed by atoms with Crippen LogP contribution in [0.2, 0.25) is 0 Å². The normalized spacial score (nSPS) is 20.7. The van der Waals surface area contributed by atoms with Crippen LogP contribution in [-0.2, 0) is 15.1 Å². The van der Waals surface area contributed by atoms with E-state index in [0.717, 1.165) is 29.1 Å². The van der Waals surface area contributed by atoms with E-state index in [1.807, 2.05) is 36.4 Å². The monoisotopic (exact) mass is 419 g/mol. The van der Waals surface area contributed by atoms with E-state index in [1.165, 1.54) is 6.26 Å². The standard InChI is InChI=1S/C22H21N5O4/c1-22(17-8-5-11-31-17)20(29)26(21(30)24-22)13-19(28)23-18-12-16(14-9-10-14)25-27(18)15-6-3-2-4-7-15/h2-8,11-12,14H,9-10,13H2,1H3,(H,23,28)(H,24,30). The number of hydrogen-bond donors (Lipinski definition) is 2. The first-order valence-corrected chi connectivity index (χ1v) is 10.1. The van der Waals surface area contributed by atoms with Crippen LogP contribution in [0.5, 0.6) is 0 Å². The Morgan fingerprint density at radius 3 is 2.68 bits per heavy atom. The van der Waals surface area contributed by atoms with Gasteiger partial charge in [-0.3, -0.25) is 14.5 Å². The number of rotatable bonds is 6. The SMILES string of the molecule is CC1(c2ccco2)NC(=O)N(CC(=O)Nc2cc(C3CC3)nn2-c2ccccc2)C1=O. The average molecular weight is 419 g/mol. The van der Waals surface area contributed by atoms with E-state index in [9.17, 15) is 14.4 Å². The summed E-state index contributed by atoms with van der Waals surface area (Å²) in [6.07, 6.45) is 3.58. The van der Waals surface area contributed by atoms with Crippen molar-refractivity contribution in [3.05, 3.63) is 66.2 Å². The molecule has 2 aromatic heterocycles. The van der Waals surface area contributed by atoms with Crippen LogP contribution in [0.3, 0.4) is 0 Å². The van der Waals surface area contributed by atoms with Gasteiger partial charge in [-0.15, -0.1) is 0 Å². The van der Waals surface area contributed by atoms with E-state index in [2.05, 4.69) is 15.7 Å². The first-order valence-electron chi connectivity index (χ1n) is 10.1. The highest BCUT2D eigenvalue weighted by Gasteiger charge is 2.51. The lowest BCUT2D eigenvalue weighted by atomic mass is 9.99. The van der Waals surface area contributed by atoms with Crippen LogP contribution in [-0.4, -0.2) is 39.1 Å². The molecule has 9 heteroatoms. The van der Waals surface area contributed by atoms with Crippen molar-refractivity contribution in [3.8, 4) is 5.69 Å². The number of carbonyl (C=O) groups excluding carboxylic acids is 3. The van der Waals surface area contributed by atoms with Crippen molar-refractivity contribution in [3.63, 3.8) is 0 Å². The van der Waals surface area contributed by atoms with Gasteiger partial charge >= 0.3 is 6.03 Å². The van der Waals surface area contributed by atoms with Gasteiger partial charge in [0, 0.05) is 12.0 Å². The molecule has 158 valence electrons. The molecule has 2 N–H and O–H groups in total. The van der Waals surface area contributed by atoms with Crippen LogP contribution in [0.25, 0.3) is 5.69 Å². The highest BCUT2D eigenvalue weighted by Crippen LogP contribution is 2.40. The average Bonchev–Trinajstić information content (AvgIpc) is 3.20. The molecule has 1 saturated heterocycles. The first-order chi connectivity index (χ1) is 15.0. The summed E-state index contributed by atoms with van der Waals surface area (Å²) in [5.74, 6) is 0.175. The maximum atomic E-state index is 12.9. The molecular formula is C22H21N5O4. The predicted molar refractivity (Wildman–Crippen MR) is 110 cm³/mol. The lowest BCUT2D eigenvalue weighted by Crippen LogP contribution is -2.42. The Kier molecular flexibility index (Phi) is 4.39. The smallest absolute Gasteiger partial charge is 0.325 e. The number of furan rings is 1. The van der Waals surface area contributed by atoms with E-state index < -0.39 is 29.9 Å². The van der Waals surface area contributed by atoms with Gasteiger partial charge in [0.1, 0.15) is 18.1 Å². The number of urea groups is 1. The second kappa shape index (κ2) is 7.12. The topological polar surface area (TPSA) is 109 Å². The molecule has 1 aliphatic heterocycles. The van der Waals surface area contributed by atoms with Crippen molar-refractivity contribution in [2.24, 2.45) is 0 Å². The number of nitrogens with zero attached hydrogens (tertiary/aromatic N) is 3. The molecule has 1 saturated carbocycles. The van der Waals surface area contributed by atoms with Gasteiger partial charge < -0.3 is 15.1 Å². The van der Waals surface area contributed by atoms with E-state index in [0.29, 0.717) is 17.5 Å². The van der Waals surface area contributed by atoms with Crippen molar-refractivity contribution < 1.29 is 18.8 Å². The minimum absolute atomic E-state index is 0.310. The quantitative estimate of drug-likeness (QED) is 0.597. The number of carbonyl (C=O) groups is 3. The van der Waals surface area contributed by atoms with E-state index >= 15 is 0 Å². The number of nitrogens with one attached hydrogen (secondary N) is 2. The van der Waals surface area contributed by atoms with Crippen LogP contribution in [0, 0.1) is 0 Å². The Balaban J connectivity index is 1.35. The van der Waals surface area contributed by atoms with E-state index in [-0.39, 0.29) is 0 Å². The van der Waals surface area contributed by atoms with Crippen molar-refractivity contribution in [1.29, 1.82) is 0 Å². The van der Waals surface area contributed by atoms with Crippen molar-refractivity contribution in [2.75, 3.05) is 11.9 Å². The van der Waals surface area contributed by atoms with Gasteiger partial charge in [0.25, 0.3) is 5.91 Å². The highest BCUT2D eigenvalue weighted by atomic mass is 16.3. The maximum absolute atomic E-state index is 12.9. The molecule has 3 heterocycles. The molecule has 9 nitrogen and oxygen atoms in total. The fourth-order valence-electron chi connectivity index (χ4n) is 3.73. The second-order valence-corrected chi connectivity index (χ2v) is 7.95. The molecule has 2 aliphatic rings. The van der Waals surface area contributed by atoms with Crippen molar-refractivity contribution in [2.45, 2.75) is 31.2 Å². The van der Waals surface area contributed by atoms with Gasteiger partial charge in [0.05, 0.1) is 17.6 Å². The predicted octanol–water partition coefficient (Wildman–Crippen LogP) is 2.75. The first kappa shape index (κ1) is 19.1. The van der Waals surface area contributed by atoms with Gasteiger partial charge in [0.2, 0.25) is 5.91 Å². The number of para-hydroxylation sites is 1. The summed E-state index contributed by atoms with van der Waals surface area (Å²) in [4.78, 5) is 39.0. The number of amides is 4. The zero-order valence-corrected chi connectivity index (χ0v) is 16.9. The molecule has 1 aliphatic carbocycles. The Morgan fingerprint density at radius 2 is 2.00 bits per heavy atom. The molecule has 2 fully saturated rings. The molecule has 5 rings (SSSR count). The van der Waals surface area contributed by atoms with Gasteiger partial charge in [-0.05, 0) is 44.0 Å². The van der Waals surface area contributed by atoms with Gasteiger partial charge in [0.15, 0.2) is 5.54 Å². The second-order valence-electron chi connectivity index (χ2n) is 7.95. The Labute approximate surface area is 178 Å². The largest absolute Gasteiger partial charge is 0.466 e. The molecule has 1 unspecified atom stereocenters. The van der Waals surface area contributed by atoms with Crippen LogP contribution in [0.15, 0.2) is 59.2 Å². The van der Waals surface area contributed by atoms with Crippen molar-refractivity contribution >= 4 is 23.7 Å². The highest BCUT2D eigenvalue weighted by molar-refractivity contribution is 6.09. The van der Waals surface area contributed by atoms with Crippen LogP contribution in [0.4, 0.5) is 10.6 Å². The fraction of sp³-hybridized carbons (Fsp3) is 0.273. The molecule has 1 atom stereocenters. The molecule has 0 spiro atoms. The minimum Gasteiger partial charge on any atom is -0.466 e. The Hall–Kier alpha value is -3.88. The van der Waals surface area contributed by atoms with Crippen LogP contribution >= 0.6 is 0 Å². The summed E-state index contributed by atoms with van der Waals surface area (Å²) in [5, 5.41) is 10.1. The molecular weight excluding hydrogens is 398 g/mol. The third-order valence-corrected chi connectivity index (χ3v) is 5.58. The van der Waals surface area contributed by atoms with Gasteiger partial charge in [-0.25, -0.2) is 9.48 Å². The fourth-order valence-corrected chi connectivity index (χ4v) is 3.73. The molecule has 0 bridgehead atoms. The van der Waals surface area contributed by atoms with Crippen molar-refractivity contribution in [1.82, 2.24) is 20.0 Å². The Bertz CT molecular complexity index is 1150. The third kappa shape index (κ3) is 3.37. The van der Waals surface area contributed by atoms with E-state index in [4.69, 9.17) is 4.42 Å². The third-order valence-electron chi connectivity index (χ3n) is 5.58. The zero-order valence-electron chi connectivity index (χ0n) is 16.9. The zero-order chi connectivity index (χ0) is 21.6. The molecule has 0 radical (unpaired) electrons. The van der Waals surface area contributed by atoms with E-state index in [1.54, 1.807) is 23.7 Å². The summed E-state index contributed by atoms with van der Waals surface area (Å²) in [6.45, 7) is 1.13. The number of hydrogen-bond acceptors (Lipinski definition) is 5. The number of benzene rings is 1. The minimum atomic E-state index is -1.34. The van der Waals surface area contributed by atoms with Crippen LogP contribution < -0.4 is 10.6 Å². The van der Waals surface area contributed by atoms with Gasteiger partial charge in [-0.1, -0.05) is 18.2 Å². The number of aromatic nitrogens is 2. The van der Waals surface area contributed by atoms with Gasteiger partial charge in [-0.2, -0.15) is 5.10 Å². The molecule has 3 aromatic rings. The maximum Gasteiger partial charge on any atom is 0.325 e. The summed E-state index contributed by atoms with van der Waals surface area (Å²) >= 11 is 0. The summed E-state index contributed by atoms with van der Waals surface area (Å²) in [5.41, 5.74) is 0.385. The lowest BCUT2D eigenvalue weighted by Gasteiger charge is -2.18. The van der Waals surface area contributed by atoms with Crippen LogP contribution in [0.1, 0.15) is 37.1 Å². The number of anilines is 1. The summed E-state index contributed by atoms with van der Waals surface area (Å²) in [7, 11) is 0. The Morgan fingerprint density at radius 1 is 1.23 bits per heavy atom. The molecule has 4 amide bonds. The molecule has 31 heavy (non-hydrogen) atoms. The lowest BCUT2D eigenvalue weighted by molar-refractivity contribution is -0.134. The summed E-state index contributed by atoms with van der Waals surface area (Å²) < 4.78 is 6.98. The summed E-state index contributed by atoms with van der Waals surface area (Å²) in [6, 6.07) is 13.9.